The molecule has 0 amide bonds. The van der Waals surface area contributed by atoms with E-state index in [1.54, 1.807) is 30.3 Å². The van der Waals surface area contributed by atoms with Crippen LogP contribution in [0.3, 0.4) is 0 Å². The van der Waals surface area contributed by atoms with Crippen LogP contribution in [0.4, 0.5) is 5.82 Å². The van der Waals surface area contributed by atoms with Gasteiger partial charge in [-0.2, -0.15) is 0 Å². The Balaban J connectivity index is 2.21. The van der Waals surface area contributed by atoms with E-state index in [-0.39, 0.29) is 11.0 Å². The molecule has 20 heavy (non-hydrogen) atoms. The van der Waals surface area contributed by atoms with Crippen LogP contribution >= 0.6 is 34.8 Å². The van der Waals surface area contributed by atoms with Crippen molar-refractivity contribution in [3.8, 4) is 22.6 Å². The van der Waals surface area contributed by atoms with Crippen LogP contribution in [0.1, 0.15) is 0 Å². The number of nitrogens with zero attached hydrogens (tertiary/aromatic N) is 1. The average molecular weight is 330 g/mol. The van der Waals surface area contributed by atoms with Gasteiger partial charge in [0.05, 0.1) is 10.6 Å². The maximum Gasteiger partial charge on any atom is 0.212 e. The summed E-state index contributed by atoms with van der Waals surface area (Å²) in [5.74, 6) is 0.982. The molecule has 7 heteroatoms. The number of hydrogen-bond donors (Lipinski definition) is 1. The van der Waals surface area contributed by atoms with Crippen LogP contribution < -0.4 is 5.73 Å². The number of benzene rings is 1. The molecule has 0 saturated heterocycles. The summed E-state index contributed by atoms with van der Waals surface area (Å²) in [6.45, 7) is 0. The van der Waals surface area contributed by atoms with E-state index in [2.05, 4.69) is 5.16 Å². The van der Waals surface area contributed by atoms with Gasteiger partial charge in [0.25, 0.3) is 0 Å². The molecule has 1 aromatic carbocycles. The molecule has 0 spiro atoms. The highest BCUT2D eigenvalue weighted by atomic mass is 35.5. The lowest BCUT2D eigenvalue weighted by molar-refractivity contribution is 0.421. The molecule has 2 aromatic heterocycles. The molecule has 0 aliphatic carbocycles. The van der Waals surface area contributed by atoms with Gasteiger partial charge in [-0.1, -0.05) is 34.4 Å². The number of nitrogen functional groups attached to an aromatic ring is 1. The predicted octanol–water partition coefficient (Wildman–Crippen LogP) is 5.14. The third kappa shape index (κ3) is 2.26. The quantitative estimate of drug-likeness (QED) is 0.706. The van der Waals surface area contributed by atoms with Gasteiger partial charge in [-0.25, -0.2) is 0 Å². The molecule has 4 nitrogen and oxygen atoms in total. The van der Waals surface area contributed by atoms with Crippen LogP contribution in [-0.4, -0.2) is 5.16 Å². The average Bonchev–Trinajstić information content (AvgIpc) is 2.96. The van der Waals surface area contributed by atoms with E-state index in [0.29, 0.717) is 32.7 Å². The van der Waals surface area contributed by atoms with Gasteiger partial charge in [-0.05, 0) is 35.9 Å². The fourth-order valence-corrected chi connectivity index (χ4v) is 2.51. The van der Waals surface area contributed by atoms with Gasteiger partial charge >= 0.3 is 0 Å². The van der Waals surface area contributed by atoms with E-state index in [9.17, 15) is 0 Å². The zero-order valence-corrected chi connectivity index (χ0v) is 12.1. The normalized spacial score (nSPS) is 10.9. The van der Waals surface area contributed by atoms with Crippen molar-refractivity contribution in [3.63, 3.8) is 0 Å². The Kier molecular flexibility index (Phi) is 3.38. The van der Waals surface area contributed by atoms with Gasteiger partial charge in [0.15, 0.2) is 16.8 Å². The smallest absolute Gasteiger partial charge is 0.212 e. The number of rotatable bonds is 2. The Morgan fingerprint density at radius 2 is 1.85 bits per heavy atom. The molecule has 3 rings (SSSR count). The monoisotopic (exact) mass is 328 g/mol. The Bertz CT molecular complexity index is 780. The second-order valence-corrected chi connectivity index (χ2v) is 5.22. The van der Waals surface area contributed by atoms with E-state index in [1.165, 1.54) is 0 Å². The zero-order valence-electron chi connectivity index (χ0n) is 9.86. The lowest BCUT2D eigenvalue weighted by Crippen LogP contribution is -1.89. The number of anilines is 1. The van der Waals surface area contributed by atoms with Crippen molar-refractivity contribution in [1.82, 2.24) is 5.16 Å². The maximum absolute atomic E-state index is 6.19. The van der Waals surface area contributed by atoms with Crippen LogP contribution in [0.15, 0.2) is 39.3 Å². The summed E-state index contributed by atoms with van der Waals surface area (Å²) in [5.41, 5.74) is 7.04. The van der Waals surface area contributed by atoms with Crippen LogP contribution in [0.2, 0.25) is 15.3 Å². The van der Waals surface area contributed by atoms with Gasteiger partial charge in [0.1, 0.15) is 0 Å². The van der Waals surface area contributed by atoms with Gasteiger partial charge in [0.2, 0.25) is 5.76 Å². The molecule has 0 fully saturated rings. The highest BCUT2D eigenvalue weighted by Gasteiger charge is 2.22. The molecule has 0 saturated carbocycles. The van der Waals surface area contributed by atoms with Crippen LogP contribution in [0, 0.1) is 0 Å². The van der Waals surface area contributed by atoms with E-state index in [0.717, 1.165) is 0 Å². The fraction of sp³-hybridized carbons (Fsp3) is 0. The zero-order chi connectivity index (χ0) is 14.3. The molecule has 0 aliphatic heterocycles. The lowest BCUT2D eigenvalue weighted by atomic mass is 10.0. The molecule has 0 bridgehead atoms. The third-order valence-electron chi connectivity index (χ3n) is 2.72. The Morgan fingerprint density at radius 3 is 2.50 bits per heavy atom. The molecular formula is C13H7Cl3N2O2. The van der Waals surface area contributed by atoms with Gasteiger partial charge in [0, 0.05) is 10.6 Å². The molecule has 0 radical (unpaired) electrons. The summed E-state index contributed by atoms with van der Waals surface area (Å²) in [4.78, 5) is 0. The first kappa shape index (κ1) is 13.4. The molecular weight excluding hydrogens is 323 g/mol. The number of halogens is 3. The first-order chi connectivity index (χ1) is 9.56. The molecule has 0 unspecified atom stereocenters. The minimum Gasteiger partial charge on any atom is -0.441 e. The third-order valence-corrected chi connectivity index (χ3v) is 3.47. The number of nitrogens with two attached hydrogens (primary N) is 1. The number of hydrogen-bond acceptors (Lipinski definition) is 4. The lowest BCUT2D eigenvalue weighted by Gasteiger charge is -2.04. The molecule has 102 valence electrons. The molecule has 0 aliphatic rings. The van der Waals surface area contributed by atoms with E-state index < -0.39 is 0 Å². The van der Waals surface area contributed by atoms with Crippen molar-refractivity contribution in [2.24, 2.45) is 0 Å². The first-order valence-corrected chi connectivity index (χ1v) is 6.66. The van der Waals surface area contributed by atoms with E-state index >= 15 is 0 Å². The van der Waals surface area contributed by atoms with E-state index in [1.807, 2.05) is 0 Å². The molecule has 2 heterocycles. The maximum atomic E-state index is 6.19. The van der Waals surface area contributed by atoms with Crippen molar-refractivity contribution < 1.29 is 8.94 Å². The van der Waals surface area contributed by atoms with Crippen LogP contribution in [-0.2, 0) is 0 Å². The Labute approximate surface area is 129 Å². The largest absolute Gasteiger partial charge is 0.441 e. The minimum absolute atomic E-state index is 0.205. The standard InChI is InChI=1S/C13H7Cl3N2O2/c14-6-1-2-7(8(15)5-6)11-12(20-18-13(11)17)9-3-4-10(16)19-9/h1-5H,(H2,17,18). The Morgan fingerprint density at radius 1 is 1.05 bits per heavy atom. The second-order valence-electron chi connectivity index (χ2n) is 4.00. The van der Waals surface area contributed by atoms with Crippen molar-refractivity contribution in [1.29, 1.82) is 0 Å². The number of aromatic nitrogens is 1. The molecule has 2 N–H and O–H groups in total. The van der Waals surface area contributed by atoms with Crippen molar-refractivity contribution in [3.05, 3.63) is 45.6 Å². The van der Waals surface area contributed by atoms with Crippen molar-refractivity contribution in [2.75, 3.05) is 5.73 Å². The second kappa shape index (κ2) is 5.05. The summed E-state index contributed by atoms with van der Waals surface area (Å²) in [6.07, 6.45) is 0. The van der Waals surface area contributed by atoms with Crippen LogP contribution in [0.5, 0.6) is 0 Å². The Hall–Kier alpha value is -1.62. The summed E-state index contributed by atoms with van der Waals surface area (Å²) in [7, 11) is 0. The summed E-state index contributed by atoms with van der Waals surface area (Å²) < 4.78 is 10.5. The first-order valence-electron chi connectivity index (χ1n) is 5.52. The SMILES string of the molecule is Nc1noc(-c2ccc(Cl)o2)c1-c1ccc(Cl)cc1Cl. The topological polar surface area (TPSA) is 65.2 Å². The van der Waals surface area contributed by atoms with Crippen molar-refractivity contribution >= 4 is 40.6 Å². The fourth-order valence-electron chi connectivity index (χ4n) is 1.86. The van der Waals surface area contributed by atoms with Crippen molar-refractivity contribution in [2.45, 2.75) is 0 Å². The summed E-state index contributed by atoms with van der Waals surface area (Å²) in [6, 6.07) is 8.32. The van der Waals surface area contributed by atoms with Gasteiger partial charge < -0.3 is 14.7 Å². The van der Waals surface area contributed by atoms with Gasteiger partial charge in [-0.3, -0.25) is 0 Å². The summed E-state index contributed by atoms with van der Waals surface area (Å²) in [5, 5.41) is 4.95. The highest BCUT2D eigenvalue weighted by Crippen LogP contribution is 2.41. The minimum atomic E-state index is 0.205. The molecule has 3 aromatic rings. The molecule has 0 atom stereocenters. The van der Waals surface area contributed by atoms with E-state index in [4.69, 9.17) is 49.5 Å². The van der Waals surface area contributed by atoms with Gasteiger partial charge in [-0.15, -0.1) is 0 Å². The number of furan rings is 1. The summed E-state index contributed by atoms with van der Waals surface area (Å²) >= 11 is 17.8. The van der Waals surface area contributed by atoms with Crippen LogP contribution in [0.25, 0.3) is 22.6 Å². The predicted molar refractivity (Wildman–Crippen MR) is 79.1 cm³/mol. The highest BCUT2D eigenvalue weighted by molar-refractivity contribution is 6.36.